The van der Waals surface area contributed by atoms with E-state index in [1.165, 1.54) is 6.07 Å². The van der Waals surface area contributed by atoms with Crippen LogP contribution in [0.15, 0.2) is 18.2 Å². The fourth-order valence-corrected chi connectivity index (χ4v) is 1.68. The van der Waals surface area contributed by atoms with Gasteiger partial charge in [-0.05, 0) is 24.0 Å². The number of amides is 1. The van der Waals surface area contributed by atoms with Gasteiger partial charge in [-0.3, -0.25) is 14.9 Å². The molecule has 0 atom stereocenters. The van der Waals surface area contributed by atoms with Gasteiger partial charge in [0.25, 0.3) is 11.6 Å². The molecule has 6 nitrogen and oxygen atoms in total. The predicted molar refractivity (Wildman–Crippen MR) is 83.7 cm³/mol. The third-order valence-electron chi connectivity index (χ3n) is 2.80. The van der Waals surface area contributed by atoms with E-state index in [4.69, 9.17) is 0 Å². The normalized spacial score (nSPS) is 11.0. The smallest absolute Gasteiger partial charge is 0.293 e. The number of nitro groups is 1. The largest absolute Gasteiger partial charge is 0.380 e. The minimum Gasteiger partial charge on any atom is -0.380 e. The average molecular weight is 293 g/mol. The number of hydrogen-bond acceptors (Lipinski definition) is 4. The van der Waals surface area contributed by atoms with Crippen LogP contribution in [-0.2, 0) is 0 Å². The lowest BCUT2D eigenvalue weighted by Crippen LogP contribution is -2.32. The second-order valence-corrected chi connectivity index (χ2v) is 6.16. The van der Waals surface area contributed by atoms with Gasteiger partial charge < -0.3 is 10.6 Å². The van der Waals surface area contributed by atoms with Crippen LogP contribution < -0.4 is 10.6 Å². The first-order valence-corrected chi connectivity index (χ1v) is 7.05. The number of benzene rings is 1. The number of rotatable bonds is 6. The van der Waals surface area contributed by atoms with E-state index in [1.54, 1.807) is 12.1 Å². The molecule has 6 heteroatoms. The highest BCUT2D eigenvalue weighted by Gasteiger charge is 2.18. The maximum absolute atomic E-state index is 12.0. The number of carbonyl (C=O) groups is 1. The van der Waals surface area contributed by atoms with E-state index in [9.17, 15) is 14.9 Å². The molecule has 1 rings (SSSR count). The maximum atomic E-state index is 12.0. The number of hydrogen-bond donors (Lipinski definition) is 2. The number of nitrogens with one attached hydrogen (secondary N) is 2. The van der Waals surface area contributed by atoms with E-state index >= 15 is 0 Å². The van der Waals surface area contributed by atoms with Gasteiger partial charge in [-0.25, -0.2) is 0 Å². The van der Waals surface area contributed by atoms with E-state index in [1.807, 2.05) is 27.7 Å². The molecule has 0 aliphatic rings. The summed E-state index contributed by atoms with van der Waals surface area (Å²) in [5.41, 5.74) is 0.624. The molecule has 2 N–H and O–H groups in total. The Morgan fingerprint density at radius 3 is 2.52 bits per heavy atom. The topological polar surface area (TPSA) is 84.3 Å². The Hall–Kier alpha value is -2.11. The minimum atomic E-state index is -0.474. The molecule has 0 saturated carbocycles. The minimum absolute atomic E-state index is 0.0375. The number of nitrogens with zero attached hydrogens (tertiary/aromatic N) is 1. The van der Waals surface area contributed by atoms with Gasteiger partial charge in [0.15, 0.2) is 0 Å². The fourth-order valence-electron chi connectivity index (χ4n) is 1.68. The van der Waals surface area contributed by atoms with Gasteiger partial charge in [-0.15, -0.1) is 0 Å². The first-order valence-electron chi connectivity index (χ1n) is 7.05. The van der Waals surface area contributed by atoms with Gasteiger partial charge in [0.1, 0.15) is 5.69 Å². The molecule has 0 fully saturated rings. The SMILES string of the molecule is CCCNc1ccc(C(=O)NCC(C)(C)C)cc1[N+](=O)[O-]. The predicted octanol–water partition coefficient (Wildman–Crippen LogP) is 3.19. The molecule has 1 aromatic rings. The zero-order valence-corrected chi connectivity index (χ0v) is 13.0. The van der Waals surface area contributed by atoms with E-state index < -0.39 is 4.92 Å². The summed E-state index contributed by atoms with van der Waals surface area (Å²) in [6, 6.07) is 4.50. The molecule has 0 radical (unpaired) electrons. The van der Waals surface area contributed by atoms with Crippen molar-refractivity contribution in [1.82, 2.24) is 5.32 Å². The van der Waals surface area contributed by atoms with Gasteiger partial charge >= 0.3 is 0 Å². The Kier molecular flexibility index (Phi) is 5.69. The monoisotopic (exact) mass is 293 g/mol. The van der Waals surface area contributed by atoms with E-state index in [2.05, 4.69) is 10.6 Å². The van der Waals surface area contributed by atoms with Crippen molar-refractivity contribution >= 4 is 17.3 Å². The van der Waals surface area contributed by atoms with Crippen molar-refractivity contribution in [1.29, 1.82) is 0 Å². The summed E-state index contributed by atoms with van der Waals surface area (Å²) in [4.78, 5) is 22.7. The van der Waals surface area contributed by atoms with Crippen LogP contribution in [0.25, 0.3) is 0 Å². The fraction of sp³-hybridized carbons (Fsp3) is 0.533. The van der Waals surface area contributed by atoms with Crippen LogP contribution in [-0.4, -0.2) is 23.9 Å². The molecule has 1 amide bonds. The molecule has 0 spiro atoms. The summed E-state index contributed by atoms with van der Waals surface area (Å²) in [5, 5.41) is 16.9. The Morgan fingerprint density at radius 1 is 1.33 bits per heavy atom. The Morgan fingerprint density at radius 2 is 2.00 bits per heavy atom. The Bertz CT molecular complexity index is 521. The molecule has 21 heavy (non-hydrogen) atoms. The number of carbonyl (C=O) groups excluding carboxylic acids is 1. The van der Waals surface area contributed by atoms with Crippen LogP contribution in [0.4, 0.5) is 11.4 Å². The van der Waals surface area contributed by atoms with Crippen LogP contribution in [0.1, 0.15) is 44.5 Å². The zero-order chi connectivity index (χ0) is 16.0. The molecule has 0 saturated heterocycles. The highest BCUT2D eigenvalue weighted by atomic mass is 16.6. The van der Waals surface area contributed by atoms with Crippen molar-refractivity contribution in [2.75, 3.05) is 18.4 Å². The third-order valence-corrected chi connectivity index (χ3v) is 2.80. The van der Waals surface area contributed by atoms with E-state index in [0.29, 0.717) is 24.3 Å². The molecule has 0 aliphatic carbocycles. The molecular formula is C15H23N3O3. The van der Waals surface area contributed by atoms with Crippen molar-refractivity contribution in [2.24, 2.45) is 5.41 Å². The second-order valence-electron chi connectivity index (χ2n) is 6.16. The number of anilines is 1. The van der Waals surface area contributed by atoms with Crippen molar-refractivity contribution < 1.29 is 9.72 Å². The van der Waals surface area contributed by atoms with E-state index in [-0.39, 0.29) is 17.0 Å². The molecule has 116 valence electrons. The first-order chi connectivity index (χ1) is 9.74. The molecule has 0 aromatic heterocycles. The van der Waals surface area contributed by atoms with Crippen molar-refractivity contribution in [3.8, 4) is 0 Å². The molecule has 0 aliphatic heterocycles. The quantitative estimate of drug-likeness (QED) is 0.623. The highest BCUT2D eigenvalue weighted by Crippen LogP contribution is 2.25. The highest BCUT2D eigenvalue weighted by molar-refractivity contribution is 5.95. The van der Waals surface area contributed by atoms with Gasteiger partial charge in [-0.2, -0.15) is 0 Å². The Balaban J connectivity index is 2.92. The summed E-state index contributed by atoms with van der Waals surface area (Å²) < 4.78 is 0. The molecule has 0 heterocycles. The maximum Gasteiger partial charge on any atom is 0.293 e. The van der Waals surface area contributed by atoms with Crippen LogP contribution >= 0.6 is 0 Å². The van der Waals surface area contributed by atoms with Gasteiger partial charge in [0.2, 0.25) is 0 Å². The number of nitro benzene ring substituents is 1. The van der Waals surface area contributed by atoms with Crippen LogP contribution in [0, 0.1) is 15.5 Å². The molecule has 0 unspecified atom stereocenters. The lowest BCUT2D eigenvalue weighted by atomic mass is 9.97. The lowest BCUT2D eigenvalue weighted by molar-refractivity contribution is -0.384. The summed E-state index contributed by atoms with van der Waals surface area (Å²) in [5.74, 6) is -0.296. The van der Waals surface area contributed by atoms with Crippen molar-refractivity contribution in [3.63, 3.8) is 0 Å². The first kappa shape index (κ1) is 16.9. The summed E-state index contributed by atoms with van der Waals surface area (Å²) in [6.07, 6.45) is 0.866. The van der Waals surface area contributed by atoms with Crippen LogP contribution in [0.5, 0.6) is 0 Å². The summed E-state index contributed by atoms with van der Waals surface area (Å²) >= 11 is 0. The van der Waals surface area contributed by atoms with Gasteiger partial charge in [0.05, 0.1) is 4.92 Å². The summed E-state index contributed by atoms with van der Waals surface area (Å²) in [7, 11) is 0. The van der Waals surface area contributed by atoms with Gasteiger partial charge in [-0.1, -0.05) is 27.7 Å². The van der Waals surface area contributed by atoms with Crippen LogP contribution in [0.3, 0.4) is 0 Å². The van der Waals surface area contributed by atoms with Crippen molar-refractivity contribution in [2.45, 2.75) is 34.1 Å². The summed E-state index contributed by atoms with van der Waals surface area (Å²) in [6.45, 7) is 9.16. The molecular weight excluding hydrogens is 270 g/mol. The van der Waals surface area contributed by atoms with Gasteiger partial charge in [0, 0.05) is 24.7 Å². The Labute approximate surface area is 125 Å². The average Bonchev–Trinajstić information content (AvgIpc) is 2.41. The third kappa shape index (κ3) is 5.41. The van der Waals surface area contributed by atoms with Crippen LogP contribution in [0.2, 0.25) is 0 Å². The molecule has 0 bridgehead atoms. The van der Waals surface area contributed by atoms with E-state index in [0.717, 1.165) is 6.42 Å². The zero-order valence-electron chi connectivity index (χ0n) is 13.0. The second kappa shape index (κ2) is 7.06. The molecule has 1 aromatic carbocycles. The van der Waals surface area contributed by atoms with Crippen molar-refractivity contribution in [3.05, 3.63) is 33.9 Å². The lowest BCUT2D eigenvalue weighted by Gasteiger charge is -2.18. The standard InChI is InChI=1S/C15H23N3O3/c1-5-8-16-12-7-6-11(9-13(12)18(20)21)14(19)17-10-15(2,3)4/h6-7,9,16H,5,8,10H2,1-4H3,(H,17,19).